The summed E-state index contributed by atoms with van der Waals surface area (Å²) in [7, 11) is 2.88. The number of carbonyl (C=O) groups is 3. The molecule has 3 heterocycles. The fraction of sp³-hybridized carbons (Fsp3) is 0.323. The minimum atomic E-state index is -1.34. The molecule has 1 aliphatic heterocycles. The number of carboxylic acids is 2. The summed E-state index contributed by atoms with van der Waals surface area (Å²) < 4.78 is 10.5. The van der Waals surface area contributed by atoms with Crippen LogP contribution >= 0.6 is 11.3 Å². The number of carboxylic acid groups (broad SMARTS) is 2. The molecule has 0 radical (unpaired) electrons. The van der Waals surface area contributed by atoms with Crippen LogP contribution in [0.15, 0.2) is 59.6 Å². The molecular weight excluding hydrogens is 558 g/mol. The molecule has 1 amide bonds. The van der Waals surface area contributed by atoms with Crippen molar-refractivity contribution in [2.75, 3.05) is 20.8 Å². The second kappa shape index (κ2) is 13.0. The van der Waals surface area contributed by atoms with Gasteiger partial charge in [0.15, 0.2) is 0 Å². The molecule has 1 aliphatic carbocycles. The van der Waals surface area contributed by atoms with E-state index < -0.39 is 17.4 Å². The predicted molar refractivity (Wildman–Crippen MR) is 158 cm³/mol. The van der Waals surface area contributed by atoms with Gasteiger partial charge in [-0.05, 0) is 56.0 Å². The van der Waals surface area contributed by atoms with E-state index in [9.17, 15) is 24.6 Å². The van der Waals surface area contributed by atoms with Crippen molar-refractivity contribution in [2.45, 2.75) is 39.7 Å². The second-order valence-corrected chi connectivity index (χ2v) is 11.3. The van der Waals surface area contributed by atoms with E-state index in [4.69, 9.17) is 9.47 Å². The number of allylic oxidation sites excluding steroid dienone is 2. The van der Waals surface area contributed by atoms with Gasteiger partial charge in [0.1, 0.15) is 5.75 Å². The molecule has 3 aromatic rings. The van der Waals surface area contributed by atoms with E-state index in [-0.39, 0.29) is 23.8 Å². The van der Waals surface area contributed by atoms with E-state index in [0.29, 0.717) is 23.3 Å². The number of rotatable bonds is 8. The van der Waals surface area contributed by atoms with E-state index in [1.165, 1.54) is 45.1 Å². The number of benzene rings is 1. The molecule has 0 bridgehead atoms. The van der Waals surface area contributed by atoms with Crippen molar-refractivity contribution >= 4 is 34.8 Å². The normalized spacial score (nSPS) is 18.0. The minimum Gasteiger partial charge on any atom is -0.496 e. The third-order valence-electron chi connectivity index (χ3n) is 7.09. The topological polar surface area (TPSA) is 139 Å². The zero-order chi connectivity index (χ0) is 30.4. The molecule has 10 nitrogen and oxygen atoms in total. The Morgan fingerprint density at radius 2 is 1.95 bits per heavy atom. The predicted octanol–water partition coefficient (Wildman–Crippen LogP) is 5.23. The average Bonchev–Trinajstić information content (AvgIpc) is 3.60. The lowest BCUT2D eigenvalue weighted by Gasteiger charge is -2.27. The number of aryl methyl sites for hydroxylation is 1. The van der Waals surface area contributed by atoms with Gasteiger partial charge in [0.25, 0.3) is 0 Å². The highest BCUT2D eigenvalue weighted by atomic mass is 32.1. The average molecular weight is 592 g/mol. The highest BCUT2D eigenvalue weighted by Gasteiger charge is 2.37. The second-order valence-electron chi connectivity index (χ2n) is 10.2. The zero-order valence-corrected chi connectivity index (χ0v) is 24.7. The van der Waals surface area contributed by atoms with Crippen LogP contribution in [0.3, 0.4) is 0 Å². The molecule has 0 spiro atoms. The summed E-state index contributed by atoms with van der Waals surface area (Å²) in [5.41, 5.74) is 2.80. The van der Waals surface area contributed by atoms with Gasteiger partial charge in [0.2, 0.25) is 11.8 Å². The Morgan fingerprint density at radius 3 is 2.55 bits per heavy atom. The first-order valence-electron chi connectivity index (χ1n) is 13.3. The number of likely N-dealkylation sites (tertiary alicyclic amines) is 1. The van der Waals surface area contributed by atoms with Crippen molar-refractivity contribution in [3.05, 3.63) is 75.8 Å². The van der Waals surface area contributed by atoms with Crippen molar-refractivity contribution in [3.8, 4) is 22.9 Å². The number of nitrogens with zero attached hydrogens (tertiary/aromatic N) is 3. The van der Waals surface area contributed by atoms with Gasteiger partial charge >= 0.3 is 11.9 Å². The third kappa shape index (κ3) is 6.85. The van der Waals surface area contributed by atoms with Crippen molar-refractivity contribution in [1.29, 1.82) is 0 Å². The maximum atomic E-state index is 11.7. The lowest BCUT2D eigenvalue weighted by molar-refractivity contribution is -0.145. The van der Waals surface area contributed by atoms with Crippen molar-refractivity contribution in [2.24, 2.45) is 5.41 Å². The Bertz CT molecular complexity index is 1540. The largest absolute Gasteiger partial charge is 0.496 e. The Hall–Kier alpha value is -4.51. The summed E-state index contributed by atoms with van der Waals surface area (Å²) in [5.74, 6) is -1.35. The molecule has 1 unspecified atom stereocenters. The van der Waals surface area contributed by atoms with E-state index >= 15 is 0 Å². The van der Waals surface area contributed by atoms with Crippen molar-refractivity contribution in [3.63, 3.8) is 0 Å². The van der Waals surface area contributed by atoms with E-state index in [2.05, 4.69) is 33.5 Å². The highest BCUT2D eigenvalue weighted by molar-refractivity contribution is 7.09. The molecule has 1 fully saturated rings. The van der Waals surface area contributed by atoms with Crippen LogP contribution in [0.4, 0.5) is 0 Å². The maximum absolute atomic E-state index is 11.7. The molecule has 1 saturated heterocycles. The number of aliphatic carboxylic acids is 2. The molecule has 2 N–H and O–H groups in total. The minimum absolute atomic E-state index is 0.000333. The monoisotopic (exact) mass is 591 g/mol. The lowest BCUT2D eigenvalue weighted by atomic mass is 9.76. The van der Waals surface area contributed by atoms with Crippen LogP contribution in [0.25, 0.3) is 16.8 Å². The van der Waals surface area contributed by atoms with Crippen LogP contribution in [0.1, 0.15) is 42.3 Å². The number of pyridine rings is 1. The number of aromatic nitrogens is 2. The summed E-state index contributed by atoms with van der Waals surface area (Å²) >= 11 is 1.66. The molecule has 5 rings (SSSR count). The number of hydrogen-bond donors (Lipinski definition) is 2. The fourth-order valence-corrected chi connectivity index (χ4v) is 5.54. The first kappa shape index (κ1) is 30.4. The third-order valence-corrected chi connectivity index (χ3v) is 7.86. The van der Waals surface area contributed by atoms with Gasteiger partial charge in [0.05, 0.1) is 35.9 Å². The first-order chi connectivity index (χ1) is 20.0. The molecule has 11 heteroatoms. The number of hydrogen-bond acceptors (Lipinski definition) is 8. The van der Waals surface area contributed by atoms with Crippen LogP contribution in [0.5, 0.6) is 11.6 Å². The molecular formula is C31H33N3O7S. The fourth-order valence-electron chi connectivity index (χ4n) is 4.92. The van der Waals surface area contributed by atoms with E-state index in [1.54, 1.807) is 17.4 Å². The number of ether oxygens (including phenoxy) is 2. The quantitative estimate of drug-likeness (QED) is 0.360. The lowest BCUT2D eigenvalue weighted by Crippen LogP contribution is -2.29. The molecule has 2 aromatic heterocycles. The van der Waals surface area contributed by atoms with Gasteiger partial charge in [0, 0.05) is 42.2 Å². The molecule has 0 saturated carbocycles. The smallest absolute Gasteiger partial charge is 0.331 e. The van der Waals surface area contributed by atoms with Gasteiger partial charge in [-0.15, -0.1) is 11.3 Å². The summed E-state index contributed by atoms with van der Waals surface area (Å²) in [6, 6.07) is 9.93. The molecule has 2 aliphatic rings. The van der Waals surface area contributed by atoms with Crippen LogP contribution < -0.4 is 9.47 Å². The van der Waals surface area contributed by atoms with E-state index in [0.717, 1.165) is 35.8 Å². The first-order valence-corrected chi connectivity index (χ1v) is 14.2. The van der Waals surface area contributed by atoms with Gasteiger partial charge < -0.3 is 24.6 Å². The summed E-state index contributed by atoms with van der Waals surface area (Å²) in [4.78, 5) is 45.1. The molecule has 1 aromatic carbocycles. The van der Waals surface area contributed by atoms with Gasteiger partial charge in [-0.2, -0.15) is 0 Å². The van der Waals surface area contributed by atoms with Gasteiger partial charge in [-0.25, -0.2) is 14.8 Å². The summed E-state index contributed by atoms with van der Waals surface area (Å²) in [6.45, 7) is 5.09. The van der Waals surface area contributed by atoms with Crippen LogP contribution in [0.2, 0.25) is 0 Å². The molecule has 220 valence electrons. The number of thiazole rings is 1. The number of methoxy groups -OCH3 is 2. The van der Waals surface area contributed by atoms with Crippen LogP contribution in [0, 0.1) is 12.3 Å². The SMILES string of the molecule is COc1ccnc(OC)c1C1=CC(C)(C(=O)O)CC(C(=O)O)=C1.Cc1nc(-c2cccc(CN3CCCC3=O)c2)cs1. The van der Waals surface area contributed by atoms with Gasteiger partial charge in [-0.3, -0.25) is 9.59 Å². The van der Waals surface area contributed by atoms with Gasteiger partial charge in [-0.1, -0.05) is 24.3 Å². The number of amides is 1. The number of carbonyl (C=O) groups excluding carboxylic acids is 1. The highest BCUT2D eigenvalue weighted by Crippen LogP contribution is 2.42. The molecule has 1 atom stereocenters. The van der Waals surface area contributed by atoms with Crippen molar-refractivity contribution in [1.82, 2.24) is 14.9 Å². The zero-order valence-electron chi connectivity index (χ0n) is 23.9. The van der Waals surface area contributed by atoms with Crippen LogP contribution in [-0.4, -0.2) is 63.7 Å². The van der Waals surface area contributed by atoms with Crippen LogP contribution in [-0.2, 0) is 20.9 Å². The Balaban J connectivity index is 0.000000196. The molecule has 42 heavy (non-hydrogen) atoms. The Morgan fingerprint density at radius 1 is 1.17 bits per heavy atom. The Labute approximate surface area is 248 Å². The standard InChI is InChI=1S/C16H17NO6.C15H16N2OS/c1-16(15(20)21)7-9(6-10(8-16)14(18)19)12-11(22-2)4-5-17-13(12)23-3;1-11-16-14(10-19-11)13-5-2-4-12(8-13)9-17-7-3-6-15(17)18/h4-7H,8H2,1-3H3,(H,18,19)(H,20,21);2,4-5,8,10H,3,6-7,9H2,1H3. The maximum Gasteiger partial charge on any atom is 0.331 e. The van der Waals surface area contributed by atoms with E-state index in [1.807, 2.05) is 17.9 Å². The Kier molecular flexibility index (Phi) is 9.41. The van der Waals surface area contributed by atoms with Crippen molar-refractivity contribution < 1.29 is 34.1 Å². The summed E-state index contributed by atoms with van der Waals surface area (Å²) in [5, 5.41) is 21.9. The summed E-state index contributed by atoms with van der Waals surface area (Å²) in [6.07, 6.45) is 6.00.